The van der Waals surface area contributed by atoms with Crippen molar-refractivity contribution in [1.29, 1.82) is 0 Å². The number of hydrogen-bond donors (Lipinski definition) is 1. The summed E-state index contributed by atoms with van der Waals surface area (Å²) in [6.07, 6.45) is 5.35. The van der Waals surface area contributed by atoms with Gasteiger partial charge in [-0.3, -0.25) is 19.7 Å². The molecule has 0 aromatic carbocycles. The third kappa shape index (κ3) is 2.45. The van der Waals surface area contributed by atoms with Crippen molar-refractivity contribution < 1.29 is 14.4 Å². The number of carbonyl (C=O) groups excluding carboxylic acids is 3. The Labute approximate surface area is 112 Å². The molecule has 0 aromatic rings. The Hall–Kier alpha value is -1.91. The van der Waals surface area contributed by atoms with E-state index >= 15 is 0 Å². The van der Waals surface area contributed by atoms with Crippen LogP contribution in [0.15, 0.2) is 23.3 Å². The molecule has 2 fully saturated rings. The zero-order valence-electron chi connectivity index (χ0n) is 11.2. The number of nitrogens with one attached hydrogen (secondary N) is 1. The first-order chi connectivity index (χ1) is 9.08. The van der Waals surface area contributed by atoms with Gasteiger partial charge in [-0.25, -0.2) is 0 Å². The monoisotopic (exact) mass is 262 g/mol. The smallest absolute Gasteiger partial charge is 0.254 e. The van der Waals surface area contributed by atoms with Crippen LogP contribution >= 0.6 is 0 Å². The Bertz CT molecular complexity index is 491. The fourth-order valence-electron chi connectivity index (χ4n) is 2.59. The number of piperidine rings is 1. The number of hydrogen-bond acceptors (Lipinski definition) is 3. The van der Waals surface area contributed by atoms with Gasteiger partial charge in [0.2, 0.25) is 11.8 Å². The van der Waals surface area contributed by atoms with E-state index in [1.807, 2.05) is 19.9 Å². The largest absolute Gasteiger partial charge is 0.322 e. The van der Waals surface area contributed by atoms with Gasteiger partial charge in [0, 0.05) is 18.5 Å². The quantitative estimate of drug-likeness (QED) is 0.594. The fourth-order valence-corrected chi connectivity index (χ4v) is 2.59. The SMILES string of the molecule is C/C=C1/C(=O)N(C2CCC(=O)NC2=O)C/C1=C/CC. The molecule has 2 saturated heterocycles. The number of amides is 3. The van der Waals surface area contributed by atoms with Gasteiger partial charge in [-0.15, -0.1) is 0 Å². The molecule has 1 N–H and O–H groups in total. The average molecular weight is 262 g/mol. The lowest BCUT2D eigenvalue weighted by atomic mass is 10.0. The highest BCUT2D eigenvalue weighted by Crippen LogP contribution is 2.28. The molecule has 0 saturated carbocycles. The van der Waals surface area contributed by atoms with Gasteiger partial charge in [0.05, 0.1) is 0 Å². The minimum Gasteiger partial charge on any atom is -0.322 e. The summed E-state index contributed by atoms with van der Waals surface area (Å²) in [5, 5.41) is 2.30. The number of allylic oxidation sites excluding steroid dienone is 2. The molecule has 19 heavy (non-hydrogen) atoms. The van der Waals surface area contributed by atoms with E-state index in [1.54, 1.807) is 11.0 Å². The predicted molar refractivity (Wildman–Crippen MR) is 70.0 cm³/mol. The lowest BCUT2D eigenvalue weighted by Gasteiger charge is -2.28. The molecule has 2 aliphatic rings. The summed E-state index contributed by atoms with van der Waals surface area (Å²) in [5.74, 6) is -0.738. The minimum absolute atomic E-state index is 0.114. The molecule has 1 unspecified atom stereocenters. The third-order valence-corrected chi connectivity index (χ3v) is 3.50. The topological polar surface area (TPSA) is 66.5 Å². The van der Waals surface area contributed by atoms with Crippen LogP contribution in [0.2, 0.25) is 0 Å². The fraction of sp³-hybridized carbons (Fsp3) is 0.500. The van der Waals surface area contributed by atoms with Gasteiger partial charge in [0.1, 0.15) is 6.04 Å². The standard InChI is InChI=1S/C14H18N2O3/c1-3-5-9-8-16(14(19)10(9)4-2)11-6-7-12(17)15-13(11)18/h4-5,11H,3,6-8H2,1-2H3,(H,15,17,18)/b9-5-,10-4+. The van der Waals surface area contributed by atoms with Crippen LogP contribution in [0.3, 0.4) is 0 Å². The highest BCUT2D eigenvalue weighted by molar-refractivity contribution is 6.06. The van der Waals surface area contributed by atoms with E-state index in [4.69, 9.17) is 0 Å². The molecule has 0 aromatic heterocycles. The molecule has 2 aliphatic heterocycles. The molecule has 0 bridgehead atoms. The molecule has 5 nitrogen and oxygen atoms in total. The summed E-state index contributed by atoms with van der Waals surface area (Å²) in [6, 6.07) is -0.525. The van der Waals surface area contributed by atoms with Crippen molar-refractivity contribution in [3.8, 4) is 0 Å². The first kappa shape index (κ1) is 13.5. The van der Waals surface area contributed by atoms with Crippen molar-refractivity contribution in [2.45, 2.75) is 39.2 Å². The van der Waals surface area contributed by atoms with Crippen molar-refractivity contribution in [2.24, 2.45) is 0 Å². The number of imide groups is 1. The molecule has 0 radical (unpaired) electrons. The summed E-state index contributed by atoms with van der Waals surface area (Å²) < 4.78 is 0. The van der Waals surface area contributed by atoms with Gasteiger partial charge in [0.15, 0.2) is 0 Å². The van der Waals surface area contributed by atoms with Gasteiger partial charge in [0.25, 0.3) is 5.91 Å². The molecular formula is C14H18N2O3. The van der Waals surface area contributed by atoms with E-state index < -0.39 is 6.04 Å². The van der Waals surface area contributed by atoms with Gasteiger partial charge in [-0.2, -0.15) is 0 Å². The van der Waals surface area contributed by atoms with E-state index in [9.17, 15) is 14.4 Å². The predicted octanol–water partition coefficient (Wildman–Crippen LogP) is 0.916. The lowest BCUT2D eigenvalue weighted by Crippen LogP contribution is -2.52. The summed E-state index contributed by atoms with van der Waals surface area (Å²) in [5.41, 5.74) is 1.64. The molecule has 2 heterocycles. The van der Waals surface area contributed by atoms with Crippen molar-refractivity contribution >= 4 is 17.7 Å². The van der Waals surface area contributed by atoms with E-state index in [-0.39, 0.29) is 24.1 Å². The summed E-state index contributed by atoms with van der Waals surface area (Å²) >= 11 is 0. The van der Waals surface area contributed by atoms with E-state index in [0.717, 1.165) is 12.0 Å². The van der Waals surface area contributed by atoms with Crippen LogP contribution in [0.4, 0.5) is 0 Å². The first-order valence-corrected chi connectivity index (χ1v) is 6.58. The second-order valence-corrected chi connectivity index (χ2v) is 4.74. The van der Waals surface area contributed by atoms with Gasteiger partial charge in [-0.1, -0.05) is 19.1 Å². The van der Waals surface area contributed by atoms with Crippen LogP contribution in [0.1, 0.15) is 33.1 Å². The molecule has 0 spiro atoms. The number of nitrogens with zero attached hydrogens (tertiary/aromatic N) is 1. The molecule has 5 heteroatoms. The van der Waals surface area contributed by atoms with E-state index in [2.05, 4.69) is 5.32 Å². The molecule has 1 atom stereocenters. The maximum absolute atomic E-state index is 12.3. The van der Waals surface area contributed by atoms with Crippen molar-refractivity contribution in [3.63, 3.8) is 0 Å². The molecular weight excluding hydrogens is 244 g/mol. The second kappa shape index (κ2) is 5.38. The lowest BCUT2D eigenvalue weighted by molar-refractivity contribution is -0.142. The average Bonchev–Trinajstić information content (AvgIpc) is 2.66. The molecule has 0 aliphatic carbocycles. The highest BCUT2D eigenvalue weighted by atomic mass is 16.2. The summed E-state index contributed by atoms with van der Waals surface area (Å²) in [6.45, 7) is 4.29. The van der Waals surface area contributed by atoms with Gasteiger partial charge in [-0.05, 0) is 25.3 Å². The molecule has 2 rings (SSSR count). The van der Waals surface area contributed by atoms with Crippen LogP contribution in [-0.4, -0.2) is 35.2 Å². The Morgan fingerprint density at radius 3 is 2.68 bits per heavy atom. The summed E-state index contributed by atoms with van der Waals surface area (Å²) in [4.78, 5) is 36.8. The first-order valence-electron chi connectivity index (χ1n) is 6.58. The number of rotatable bonds is 2. The van der Waals surface area contributed by atoms with Crippen molar-refractivity contribution in [2.75, 3.05) is 6.54 Å². The minimum atomic E-state index is -0.525. The van der Waals surface area contributed by atoms with Gasteiger partial charge >= 0.3 is 0 Å². The van der Waals surface area contributed by atoms with Crippen LogP contribution in [0, 0.1) is 0 Å². The maximum Gasteiger partial charge on any atom is 0.254 e. The Balaban J connectivity index is 2.23. The van der Waals surface area contributed by atoms with E-state index in [1.165, 1.54) is 0 Å². The Morgan fingerprint density at radius 1 is 1.37 bits per heavy atom. The highest BCUT2D eigenvalue weighted by Gasteiger charge is 2.40. The third-order valence-electron chi connectivity index (χ3n) is 3.50. The Morgan fingerprint density at radius 2 is 2.11 bits per heavy atom. The molecule has 102 valence electrons. The van der Waals surface area contributed by atoms with E-state index in [0.29, 0.717) is 18.5 Å². The maximum atomic E-state index is 12.3. The van der Waals surface area contributed by atoms with Crippen LogP contribution in [0.25, 0.3) is 0 Å². The molecule has 3 amide bonds. The second-order valence-electron chi connectivity index (χ2n) is 4.74. The van der Waals surface area contributed by atoms with Crippen molar-refractivity contribution in [3.05, 3.63) is 23.3 Å². The Kier molecular flexibility index (Phi) is 3.83. The number of likely N-dealkylation sites (tertiary alicyclic amines) is 1. The van der Waals surface area contributed by atoms with Crippen LogP contribution < -0.4 is 5.32 Å². The number of carbonyl (C=O) groups is 3. The van der Waals surface area contributed by atoms with Crippen molar-refractivity contribution in [1.82, 2.24) is 10.2 Å². The summed E-state index contributed by atoms with van der Waals surface area (Å²) in [7, 11) is 0. The van der Waals surface area contributed by atoms with Crippen LogP contribution in [0.5, 0.6) is 0 Å². The zero-order valence-corrected chi connectivity index (χ0v) is 11.2. The normalized spacial score (nSPS) is 28.4. The zero-order chi connectivity index (χ0) is 14.0. The van der Waals surface area contributed by atoms with Gasteiger partial charge < -0.3 is 4.90 Å². The van der Waals surface area contributed by atoms with Crippen LogP contribution in [-0.2, 0) is 14.4 Å².